The molecule has 0 heterocycles. The van der Waals surface area contributed by atoms with E-state index in [0.717, 1.165) is 5.92 Å². The number of aliphatic hydroxyl groups is 1. The first kappa shape index (κ1) is 13.0. The van der Waals surface area contributed by atoms with Crippen molar-refractivity contribution in [1.29, 1.82) is 0 Å². The van der Waals surface area contributed by atoms with Crippen molar-refractivity contribution in [3.63, 3.8) is 0 Å². The molecule has 0 saturated heterocycles. The van der Waals surface area contributed by atoms with Gasteiger partial charge < -0.3 is 9.84 Å². The predicted octanol–water partition coefficient (Wildman–Crippen LogP) is 2.99. The Hall–Kier alpha value is -0.0800. The summed E-state index contributed by atoms with van der Waals surface area (Å²) < 4.78 is 5.35. The molecular weight excluding hydrogens is 188 g/mol. The lowest BCUT2D eigenvalue weighted by atomic mass is 9.74. The van der Waals surface area contributed by atoms with Gasteiger partial charge in [0, 0.05) is 6.61 Å². The number of rotatable bonds is 5. The summed E-state index contributed by atoms with van der Waals surface area (Å²) in [5.41, 5.74) is -0.616. The fourth-order valence-electron chi connectivity index (χ4n) is 2.62. The SMILES string of the molecule is CCOCC(C)(O)C1CCC(CC)CC1. The maximum Gasteiger partial charge on any atom is 0.0880 e. The Labute approximate surface area is 94.0 Å². The van der Waals surface area contributed by atoms with E-state index in [4.69, 9.17) is 4.74 Å². The van der Waals surface area contributed by atoms with Crippen LogP contribution in [0.2, 0.25) is 0 Å². The average Bonchev–Trinajstić information content (AvgIpc) is 2.26. The van der Waals surface area contributed by atoms with Crippen LogP contribution in [0, 0.1) is 11.8 Å². The van der Waals surface area contributed by atoms with Crippen LogP contribution < -0.4 is 0 Å². The Morgan fingerprint density at radius 2 is 1.80 bits per heavy atom. The molecule has 0 aromatic rings. The molecule has 1 unspecified atom stereocenters. The Balaban J connectivity index is 2.37. The molecule has 1 N–H and O–H groups in total. The highest BCUT2D eigenvalue weighted by molar-refractivity contribution is 4.85. The number of ether oxygens (including phenoxy) is 1. The van der Waals surface area contributed by atoms with Gasteiger partial charge in [-0.15, -0.1) is 0 Å². The van der Waals surface area contributed by atoms with Crippen molar-refractivity contribution in [2.24, 2.45) is 11.8 Å². The molecule has 0 aromatic heterocycles. The summed E-state index contributed by atoms with van der Waals surface area (Å²) >= 11 is 0. The monoisotopic (exact) mass is 214 g/mol. The van der Waals surface area contributed by atoms with Crippen LogP contribution in [-0.2, 0) is 4.74 Å². The van der Waals surface area contributed by atoms with Crippen LogP contribution >= 0.6 is 0 Å². The first-order chi connectivity index (χ1) is 7.10. The van der Waals surface area contributed by atoms with Gasteiger partial charge in [-0.2, -0.15) is 0 Å². The lowest BCUT2D eigenvalue weighted by Gasteiger charge is -2.37. The van der Waals surface area contributed by atoms with Crippen LogP contribution in [0.4, 0.5) is 0 Å². The van der Waals surface area contributed by atoms with Gasteiger partial charge in [-0.05, 0) is 38.5 Å². The van der Waals surface area contributed by atoms with Crippen molar-refractivity contribution in [3.8, 4) is 0 Å². The van der Waals surface area contributed by atoms with Crippen molar-refractivity contribution >= 4 is 0 Å². The second-order valence-electron chi connectivity index (χ2n) is 5.12. The van der Waals surface area contributed by atoms with E-state index in [0.29, 0.717) is 19.1 Å². The largest absolute Gasteiger partial charge is 0.387 e. The second-order valence-corrected chi connectivity index (χ2v) is 5.12. The van der Waals surface area contributed by atoms with Crippen molar-refractivity contribution in [3.05, 3.63) is 0 Å². The number of hydrogen-bond donors (Lipinski definition) is 1. The van der Waals surface area contributed by atoms with Crippen molar-refractivity contribution in [1.82, 2.24) is 0 Å². The third-order valence-corrected chi connectivity index (χ3v) is 3.90. The molecule has 0 amide bonds. The number of hydrogen-bond acceptors (Lipinski definition) is 2. The molecule has 1 rings (SSSR count). The Morgan fingerprint density at radius 3 is 2.27 bits per heavy atom. The summed E-state index contributed by atoms with van der Waals surface area (Å²) in [5, 5.41) is 10.3. The summed E-state index contributed by atoms with van der Waals surface area (Å²) in [6.07, 6.45) is 6.18. The normalized spacial score (nSPS) is 31.2. The Morgan fingerprint density at radius 1 is 1.20 bits per heavy atom. The molecule has 0 bridgehead atoms. The Bertz CT molecular complexity index is 169. The lowest BCUT2D eigenvalue weighted by Crippen LogP contribution is -2.41. The molecule has 1 fully saturated rings. The minimum absolute atomic E-state index is 0.437. The van der Waals surface area contributed by atoms with E-state index in [-0.39, 0.29) is 0 Å². The van der Waals surface area contributed by atoms with Crippen LogP contribution in [0.5, 0.6) is 0 Å². The molecule has 0 aliphatic heterocycles. The highest BCUT2D eigenvalue weighted by Crippen LogP contribution is 2.36. The van der Waals surface area contributed by atoms with Crippen molar-refractivity contribution in [2.45, 2.75) is 58.5 Å². The minimum Gasteiger partial charge on any atom is -0.387 e. The van der Waals surface area contributed by atoms with Gasteiger partial charge in [0.25, 0.3) is 0 Å². The van der Waals surface area contributed by atoms with E-state index < -0.39 is 5.60 Å². The quantitative estimate of drug-likeness (QED) is 0.762. The third kappa shape index (κ3) is 3.76. The van der Waals surface area contributed by atoms with E-state index in [2.05, 4.69) is 6.92 Å². The zero-order valence-corrected chi connectivity index (χ0v) is 10.5. The van der Waals surface area contributed by atoms with Gasteiger partial charge in [0.05, 0.1) is 12.2 Å². The highest BCUT2D eigenvalue weighted by Gasteiger charge is 2.34. The molecular formula is C13H26O2. The van der Waals surface area contributed by atoms with Gasteiger partial charge in [0.15, 0.2) is 0 Å². The van der Waals surface area contributed by atoms with E-state index >= 15 is 0 Å². The zero-order chi connectivity index (χ0) is 11.3. The molecule has 0 radical (unpaired) electrons. The smallest absolute Gasteiger partial charge is 0.0880 e. The minimum atomic E-state index is -0.616. The molecule has 1 saturated carbocycles. The van der Waals surface area contributed by atoms with Crippen LogP contribution in [-0.4, -0.2) is 23.9 Å². The predicted molar refractivity (Wildman–Crippen MR) is 62.9 cm³/mol. The summed E-state index contributed by atoms with van der Waals surface area (Å²) in [4.78, 5) is 0. The highest BCUT2D eigenvalue weighted by atomic mass is 16.5. The van der Waals surface area contributed by atoms with Crippen LogP contribution in [0.15, 0.2) is 0 Å². The second kappa shape index (κ2) is 5.86. The van der Waals surface area contributed by atoms with Gasteiger partial charge in [-0.3, -0.25) is 0 Å². The molecule has 90 valence electrons. The van der Waals surface area contributed by atoms with E-state index in [1.54, 1.807) is 0 Å². The molecule has 0 aromatic carbocycles. The summed E-state index contributed by atoms with van der Waals surface area (Å²) in [6.45, 7) is 7.36. The average molecular weight is 214 g/mol. The van der Waals surface area contributed by atoms with Crippen molar-refractivity contribution in [2.75, 3.05) is 13.2 Å². The third-order valence-electron chi connectivity index (χ3n) is 3.90. The van der Waals surface area contributed by atoms with Crippen LogP contribution in [0.1, 0.15) is 52.9 Å². The standard InChI is InChI=1S/C13H26O2/c1-4-11-6-8-12(9-7-11)13(3,14)10-15-5-2/h11-12,14H,4-10H2,1-3H3. The van der Waals surface area contributed by atoms with E-state index in [1.807, 2.05) is 13.8 Å². The van der Waals surface area contributed by atoms with Gasteiger partial charge in [-0.25, -0.2) is 0 Å². The molecule has 1 aliphatic rings. The zero-order valence-electron chi connectivity index (χ0n) is 10.5. The molecule has 0 spiro atoms. The summed E-state index contributed by atoms with van der Waals surface area (Å²) in [6, 6.07) is 0. The van der Waals surface area contributed by atoms with Crippen molar-refractivity contribution < 1.29 is 9.84 Å². The molecule has 2 heteroatoms. The van der Waals surface area contributed by atoms with Gasteiger partial charge in [0.2, 0.25) is 0 Å². The topological polar surface area (TPSA) is 29.5 Å². The van der Waals surface area contributed by atoms with Gasteiger partial charge in [-0.1, -0.05) is 26.2 Å². The molecule has 1 aliphatic carbocycles. The summed E-state index contributed by atoms with van der Waals surface area (Å²) in [7, 11) is 0. The molecule has 15 heavy (non-hydrogen) atoms. The van der Waals surface area contributed by atoms with Gasteiger partial charge in [0.1, 0.15) is 0 Å². The summed E-state index contributed by atoms with van der Waals surface area (Å²) in [5.74, 6) is 1.33. The molecule has 2 nitrogen and oxygen atoms in total. The molecule has 1 atom stereocenters. The van der Waals surface area contributed by atoms with Gasteiger partial charge >= 0.3 is 0 Å². The first-order valence-electron chi connectivity index (χ1n) is 6.40. The fourth-order valence-corrected chi connectivity index (χ4v) is 2.62. The Kier molecular flexibility index (Phi) is 5.07. The maximum atomic E-state index is 10.3. The van der Waals surface area contributed by atoms with E-state index in [9.17, 15) is 5.11 Å². The first-order valence-corrected chi connectivity index (χ1v) is 6.40. The lowest BCUT2D eigenvalue weighted by molar-refractivity contribution is -0.0820. The fraction of sp³-hybridized carbons (Fsp3) is 1.00. The van der Waals surface area contributed by atoms with E-state index in [1.165, 1.54) is 32.1 Å². The maximum absolute atomic E-state index is 10.3. The van der Waals surface area contributed by atoms with Crippen LogP contribution in [0.3, 0.4) is 0 Å². The van der Waals surface area contributed by atoms with Crippen LogP contribution in [0.25, 0.3) is 0 Å².